The molecule has 0 aromatic carbocycles. The van der Waals surface area contributed by atoms with Crippen LogP contribution in [0, 0.1) is 6.92 Å². The zero-order chi connectivity index (χ0) is 20.3. The monoisotopic (exact) mass is 460 g/mol. The van der Waals surface area contributed by atoms with Crippen LogP contribution in [0.3, 0.4) is 0 Å². The molecule has 3 rings (SSSR count). The van der Waals surface area contributed by atoms with E-state index < -0.39 is 11.2 Å². The second-order valence-electron chi connectivity index (χ2n) is 6.95. The fraction of sp³-hybridized carbons (Fsp3) is 0.500. The second-order valence-corrected chi connectivity index (χ2v) is 6.95. The molecule has 1 aliphatic rings. The number of aromatic nitrogens is 3. The number of H-pyrrole nitrogens is 2. The Morgan fingerprint density at radius 3 is 2.70 bits per heavy atom. The number of carbonyl (C=O) groups is 2. The molecule has 0 aliphatic carbocycles. The summed E-state index contributed by atoms with van der Waals surface area (Å²) in [5, 5.41) is 3.07. The third-order valence-corrected chi connectivity index (χ3v) is 4.92. The molecule has 1 unspecified atom stereocenters. The van der Waals surface area contributed by atoms with Gasteiger partial charge in [-0.25, -0.2) is 9.78 Å². The number of piperidine rings is 1. The predicted octanol–water partition coefficient (Wildman–Crippen LogP) is 0.223. The van der Waals surface area contributed by atoms with E-state index in [4.69, 9.17) is 5.73 Å². The van der Waals surface area contributed by atoms with Crippen LogP contribution in [0.15, 0.2) is 15.7 Å². The zero-order valence-electron chi connectivity index (χ0n) is 16.5. The van der Waals surface area contributed by atoms with Crippen molar-refractivity contribution >= 4 is 47.7 Å². The van der Waals surface area contributed by atoms with E-state index in [0.29, 0.717) is 18.7 Å². The van der Waals surface area contributed by atoms with Crippen LogP contribution in [0.5, 0.6) is 0 Å². The van der Waals surface area contributed by atoms with Gasteiger partial charge in [-0.1, -0.05) is 0 Å². The van der Waals surface area contributed by atoms with Crippen molar-refractivity contribution in [3.63, 3.8) is 0 Å². The molecular formula is C18H26Cl2N6O4. The molecule has 0 saturated carbocycles. The van der Waals surface area contributed by atoms with Gasteiger partial charge in [-0.3, -0.25) is 24.4 Å². The van der Waals surface area contributed by atoms with Crippen LogP contribution < -0.4 is 22.3 Å². The highest BCUT2D eigenvalue weighted by Gasteiger charge is 2.29. The van der Waals surface area contributed by atoms with E-state index in [1.54, 1.807) is 17.9 Å². The van der Waals surface area contributed by atoms with Crippen molar-refractivity contribution in [2.24, 2.45) is 5.73 Å². The smallest absolute Gasteiger partial charge is 0.327 e. The standard InChI is InChI=1S/C18H24N6O4.2ClH/c1-10-8-12(21-15-14(10)16(26)23-18(28)22-15)17(27)24-7-3-2-4-11(24)9-20-13(25)5-6-19;;/h8,11H,2-7,9,19H2,1H3,(H,20,25)(H2,21,22,23,26,28);2*1H. The van der Waals surface area contributed by atoms with Gasteiger partial charge < -0.3 is 16.0 Å². The maximum absolute atomic E-state index is 13.1. The van der Waals surface area contributed by atoms with Crippen molar-refractivity contribution in [1.82, 2.24) is 25.2 Å². The van der Waals surface area contributed by atoms with Crippen LogP contribution >= 0.6 is 24.8 Å². The molecule has 5 N–H and O–H groups in total. The van der Waals surface area contributed by atoms with Crippen LogP contribution in [0.25, 0.3) is 11.0 Å². The molecule has 2 amide bonds. The number of hydrogen-bond acceptors (Lipinski definition) is 6. The van der Waals surface area contributed by atoms with Gasteiger partial charge in [0.1, 0.15) is 11.3 Å². The van der Waals surface area contributed by atoms with Crippen LogP contribution in [-0.4, -0.2) is 57.3 Å². The third kappa shape index (κ3) is 5.59. The highest BCUT2D eigenvalue weighted by molar-refractivity contribution is 5.95. The minimum Gasteiger partial charge on any atom is -0.354 e. The number of likely N-dealkylation sites (tertiary alicyclic amines) is 1. The SMILES string of the molecule is Cc1cc(C(=O)N2CCCCC2CNC(=O)CCN)nc2[nH]c(=O)[nH]c(=O)c12.Cl.Cl. The minimum atomic E-state index is -0.674. The largest absolute Gasteiger partial charge is 0.354 e. The summed E-state index contributed by atoms with van der Waals surface area (Å²) in [6.07, 6.45) is 2.85. The number of carbonyl (C=O) groups excluding carboxylic acids is 2. The maximum Gasteiger partial charge on any atom is 0.327 e. The van der Waals surface area contributed by atoms with E-state index in [0.717, 1.165) is 19.3 Å². The lowest BCUT2D eigenvalue weighted by Crippen LogP contribution is -2.49. The van der Waals surface area contributed by atoms with Gasteiger partial charge in [0.15, 0.2) is 0 Å². The number of pyridine rings is 1. The molecule has 1 saturated heterocycles. The van der Waals surface area contributed by atoms with Crippen molar-refractivity contribution in [3.05, 3.63) is 38.2 Å². The first-order valence-corrected chi connectivity index (χ1v) is 9.32. The van der Waals surface area contributed by atoms with Crippen molar-refractivity contribution in [3.8, 4) is 0 Å². The molecule has 1 fully saturated rings. The molecular weight excluding hydrogens is 435 g/mol. The Morgan fingerprint density at radius 1 is 1.27 bits per heavy atom. The Morgan fingerprint density at radius 2 is 2.00 bits per heavy atom. The highest BCUT2D eigenvalue weighted by atomic mass is 35.5. The van der Waals surface area contributed by atoms with E-state index in [9.17, 15) is 19.2 Å². The summed E-state index contributed by atoms with van der Waals surface area (Å²) in [6, 6.07) is 1.41. The van der Waals surface area contributed by atoms with Gasteiger partial charge in [0.25, 0.3) is 11.5 Å². The molecule has 1 aliphatic heterocycles. The molecule has 10 nitrogen and oxygen atoms in total. The van der Waals surface area contributed by atoms with Crippen LogP contribution in [0.4, 0.5) is 0 Å². The maximum atomic E-state index is 13.1. The first-order chi connectivity index (χ1) is 13.4. The second kappa shape index (κ2) is 11.1. The molecule has 3 heterocycles. The van der Waals surface area contributed by atoms with Crippen LogP contribution in [-0.2, 0) is 4.79 Å². The highest BCUT2D eigenvalue weighted by Crippen LogP contribution is 2.20. The fourth-order valence-electron chi connectivity index (χ4n) is 3.54. The van der Waals surface area contributed by atoms with E-state index in [-0.39, 0.29) is 72.4 Å². The lowest BCUT2D eigenvalue weighted by molar-refractivity contribution is -0.121. The van der Waals surface area contributed by atoms with Crippen molar-refractivity contribution < 1.29 is 9.59 Å². The van der Waals surface area contributed by atoms with E-state index in [1.165, 1.54) is 0 Å². The number of nitrogens with one attached hydrogen (secondary N) is 3. The van der Waals surface area contributed by atoms with Gasteiger partial charge >= 0.3 is 5.69 Å². The van der Waals surface area contributed by atoms with E-state index in [1.807, 2.05) is 0 Å². The van der Waals surface area contributed by atoms with Gasteiger partial charge in [-0.05, 0) is 37.8 Å². The number of hydrogen-bond donors (Lipinski definition) is 4. The lowest BCUT2D eigenvalue weighted by Gasteiger charge is -2.35. The number of nitrogens with two attached hydrogens (primary N) is 1. The molecule has 166 valence electrons. The van der Waals surface area contributed by atoms with Crippen LogP contribution in [0.1, 0.15) is 41.7 Å². The van der Waals surface area contributed by atoms with Gasteiger partial charge in [-0.2, -0.15) is 0 Å². The molecule has 0 spiro atoms. The number of amides is 2. The number of fused-ring (bicyclic) bond motifs is 1. The molecule has 1 atom stereocenters. The minimum absolute atomic E-state index is 0. The van der Waals surface area contributed by atoms with Crippen LogP contribution in [0.2, 0.25) is 0 Å². The topological polar surface area (TPSA) is 154 Å². The molecule has 2 aromatic heterocycles. The Labute approximate surface area is 184 Å². The van der Waals surface area contributed by atoms with Gasteiger partial charge in [0.05, 0.1) is 5.39 Å². The zero-order valence-corrected chi connectivity index (χ0v) is 18.2. The van der Waals surface area contributed by atoms with Crippen molar-refractivity contribution in [2.75, 3.05) is 19.6 Å². The first kappa shape index (κ1) is 25.6. The average Bonchev–Trinajstić information content (AvgIpc) is 2.65. The summed E-state index contributed by atoms with van der Waals surface area (Å²) in [5.74, 6) is -0.430. The molecule has 0 radical (unpaired) electrons. The molecule has 0 bridgehead atoms. The van der Waals surface area contributed by atoms with Gasteiger partial charge in [0.2, 0.25) is 5.91 Å². The summed E-state index contributed by atoms with van der Waals surface area (Å²) < 4.78 is 0. The Kier molecular flexibility index (Phi) is 9.47. The van der Waals surface area contributed by atoms with E-state index >= 15 is 0 Å². The number of nitrogens with zero attached hydrogens (tertiary/aromatic N) is 2. The Hall–Kier alpha value is -2.43. The van der Waals surface area contributed by atoms with Gasteiger partial charge in [-0.15, -0.1) is 24.8 Å². The molecule has 30 heavy (non-hydrogen) atoms. The summed E-state index contributed by atoms with van der Waals surface area (Å²) in [6.45, 7) is 2.88. The number of aromatic amines is 2. The summed E-state index contributed by atoms with van der Waals surface area (Å²) in [4.78, 5) is 58.9. The normalized spacial score (nSPS) is 15.8. The lowest BCUT2D eigenvalue weighted by atomic mass is 10.0. The summed E-state index contributed by atoms with van der Waals surface area (Å²) in [7, 11) is 0. The van der Waals surface area contributed by atoms with Crippen molar-refractivity contribution in [2.45, 2.75) is 38.6 Å². The molecule has 12 heteroatoms. The van der Waals surface area contributed by atoms with Gasteiger partial charge in [0, 0.05) is 32.1 Å². The third-order valence-electron chi connectivity index (χ3n) is 4.92. The summed E-state index contributed by atoms with van der Waals surface area (Å²) >= 11 is 0. The number of aryl methyl sites for hydroxylation is 1. The van der Waals surface area contributed by atoms with Crippen molar-refractivity contribution in [1.29, 1.82) is 0 Å². The fourth-order valence-corrected chi connectivity index (χ4v) is 3.54. The number of rotatable bonds is 5. The average molecular weight is 461 g/mol. The molecule has 2 aromatic rings. The Balaban J connectivity index is 0.00000225. The quantitative estimate of drug-likeness (QED) is 0.500. The Bertz CT molecular complexity index is 1020. The van der Waals surface area contributed by atoms with E-state index in [2.05, 4.69) is 20.3 Å². The first-order valence-electron chi connectivity index (χ1n) is 9.32. The summed E-state index contributed by atoms with van der Waals surface area (Å²) in [5.41, 5.74) is 4.97. The number of halogens is 2. The predicted molar refractivity (Wildman–Crippen MR) is 118 cm³/mol.